The van der Waals surface area contributed by atoms with E-state index < -0.39 is 6.10 Å². The van der Waals surface area contributed by atoms with E-state index in [1.54, 1.807) is 13.0 Å². The summed E-state index contributed by atoms with van der Waals surface area (Å²) >= 11 is 5.93. The van der Waals surface area contributed by atoms with E-state index in [0.29, 0.717) is 23.9 Å². The standard InChI is InChI=1S/C22H23ClN2O4/c1-14-6-8-17(9-7-14)22-25-24-21(29-22)16(3)28-20(26)5-4-12-27-19-11-10-18(23)13-15(19)2/h6-11,13,16H,4-5,12H2,1-3H3. The summed E-state index contributed by atoms with van der Waals surface area (Å²) < 4.78 is 16.7. The zero-order valence-electron chi connectivity index (χ0n) is 16.6. The number of aromatic nitrogens is 2. The SMILES string of the molecule is Cc1ccc(-c2nnc(C(C)OC(=O)CCCOc3ccc(Cl)cc3C)o2)cc1. The van der Waals surface area contributed by atoms with Gasteiger partial charge in [0.1, 0.15) is 5.75 Å². The third kappa shape index (κ3) is 5.81. The van der Waals surface area contributed by atoms with E-state index in [0.717, 1.165) is 22.4 Å². The van der Waals surface area contributed by atoms with E-state index in [1.165, 1.54) is 0 Å². The Labute approximate surface area is 174 Å². The number of nitrogens with zero attached hydrogens (tertiary/aromatic N) is 2. The molecule has 0 N–H and O–H groups in total. The summed E-state index contributed by atoms with van der Waals surface area (Å²) in [6, 6.07) is 13.2. The van der Waals surface area contributed by atoms with Gasteiger partial charge in [0.25, 0.3) is 5.89 Å². The zero-order chi connectivity index (χ0) is 20.8. The molecule has 1 aromatic heterocycles. The highest BCUT2D eigenvalue weighted by molar-refractivity contribution is 6.30. The van der Waals surface area contributed by atoms with Crippen LogP contribution in [0.3, 0.4) is 0 Å². The molecule has 1 unspecified atom stereocenters. The number of hydrogen-bond acceptors (Lipinski definition) is 6. The second-order valence-electron chi connectivity index (χ2n) is 6.81. The summed E-state index contributed by atoms with van der Waals surface area (Å²) in [5, 5.41) is 8.69. The van der Waals surface area contributed by atoms with Crippen molar-refractivity contribution < 1.29 is 18.7 Å². The molecule has 0 saturated carbocycles. The molecule has 0 aliphatic heterocycles. The lowest BCUT2D eigenvalue weighted by Gasteiger charge is -2.11. The average Bonchev–Trinajstić information content (AvgIpc) is 3.17. The van der Waals surface area contributed by atoms with Crippen LogP contribution in [0, 0.1) is 13.8 Å². The van der Waals surface area contributed by atoms with Crippen molar-refractivity contribution in [3.05, 3.63) is 64.5 Å². The second-order valence-corrected chi connectivity index (χ2v) is 7.24. The number of benzene rings is 2. The van der Waals surface area contributed by atoms with Crippen LogP contribution >= 0.6 is 11.6 Å². The molecule has 6 nitrogen and oxygen atoms in total. The van der Waals surface area contributed by atoms with Gasteiger partial charge >= 0.3 is 5.97 Å². The number of ether oxygens (including phenoxy) is 2. The minimum Gasteiger partial charge on any atom is -0.493 e. The number of carbonyl (C=O) groups is 1. The Balaban J connectivity index is 1.45. The fourth-order valence-corrected chi connectivity index (χ4v) is 2.92. The predicted molar refractivity (Wildman–Crippen MR) is 110 cm³/mol. The molecule has 0 aliphatic rings. The number of esters is 1. The van der Waals surface area contributed by atoms with Gasteiger partial charge in [-0.15, -0.1) is 10.2 Å². The maximum absolute atomic E-state index is 12.1. The fourth-order valence-electron chi connectivity index (χ4n) is 2.69. The fraction of sp³-hybridized carbons (Fsp3) is 0.318. The molecule has 0 fully saturated rings. The Kier molecular flexibility index (Phi) is 6.88. The Morgan fingerprint density at radius 2 is 1.90 bits per heavy atom. The molecule has 1 atom stereocenters. The molecule has 2 aromatic carbocycles. The Morgan fingerprint density at radius 3 is 2.62 bits per heavy atom. The number of rotatable bonds is 8. The molecule has 0 amide bonds. The lowest BCUT2D eigenvalue weighted by atomic mass is 10.1. The molecular weight excluding hydrogens is 392 g/mol. The molecular formula is C22H23ClN2O4. The quantitative estimate of drug-likeness (QED) is 0.359. The average molecular weight is 415 g/mol. The van der Waals surface area contributed by atoms with Gasteiger partial charge in [-0.3, -0.25) is 4.79 Å². The number of carbonyl (C=O) groups excluding carboxylic acids is 1. The van der Waals surface area contributed by atoms with Crippen LogP contribution in [-0.4, -0.2) is 22.8 Å². The highest BCUT2D eigenvalue weighted by Crippen LogP contribution is 2.24. The molecule has 0 bridgehead atoms. The third-order valence-corrected chi connectivity index (χ3v) is 4.55. The first-order valence-electron chi connectivity index (χ1n) is 9.41. The lowest BCUT2D eigenvalue weighted by molar-refractivity contribution is -0.149. The molecule has 3 aromatic rings. The van der Waals surface area contributed by atoms with Crippen molar-refractivity contribution in [1.82, 2.24) is 10.2 Å². The van der Waals surface area contributed by atoms with Gasteiger partial charge in [0, 0.05) is 17.0 Å². The maximum Gasteiger partial charge on any atom is 0.306 e. The normalized spacial score (nSPS) is 11.9. The first-order chi connectivity index (χ1) is 13.9. The predicted octanol–water partition coefficient (Wildman–Crippen LogP) is 5.47. The maximum atomic E-state index is 12.1. The summed E-state index contributed by atoms with van der Waals surface area (Å²) in [5.41, 5.74) is 2.92. The van der Waals surface area contributed by atoms with Gasteiger partial charge in [-0.05, 0) is 63.1 Å². The van der Waals surface area contributed by atoms with Crippen molar-refractivity contribution in [3.8, 4) is 17.2 Å². The van der Waals surface area contributed by atoms with Crippen molar-refractivity contribution >= 4 is 17.6 Å². The summed E-state index contributed by atoms with van der Waals surface area (Å²) in [5.74, 6) is 1.08. The van der Waals surface area contributed by atoms with Crippen LogP contribution in [0.4, 0.5) is 0 Å². The second kappa shape index (κ2) is 9.56. The molecule has 0 radical (unpaired) electrons. The third-order valence-electron chi connectivity index (χ3n) is 4.31. The van der Waals surface area contributed by atoms with E-state index in [9.17, 15) is 4.79 Å². The van der Waals surface area contributed by atoms with Gasteiger partial charge < -0.3 is 13.9 Å². The molecule has 0 spiro atoms. The Morgan fingerprint density at radius 1 is 1.14 bits per heavy atom. The molecule has 0 saturated heterocycles. The summed E-state index contributed by atoms with van der Waals surface area (Å²) in [7, 11) is 0. The molecule has 7 heteroatoms. The van der Waals surface area contributed by atoms with Crippen molar-refractivity contribution in [1.29, 1.82) is 0 Å². The first-order valence-corrected chi connectivity index (χ1v) is 9.79. The molecule has 3 rings (SSSR count). The van der Waals surface area contributed by atoms with Gasteiger partial charge in [-0.2, -0.15) is 0 Å². The van der Waals surface area contributed by atoms with E-state index >= 15 is 0 Å². The van der Waals surface area contributed by atoms with E-state index in [-0.39, 0.29) is 18.3 Å². The molecule has 29 heavy (non-hydrogen) atoms. The van der Waals surface area contributed by atoms with Gasteiger partial charge in [0.05, 0.1) is 6.61 Å². The summed E-state index contributed by atoms with van der Waals surface area (Å²) in [4.78, 5) is 12.1. The zero-order valence-corrected chi connectivity index (χ0v) is 17.4. The van der Waals surface area contributed by atoms with Crippen molar-refractivity contribution in [2.75, 3.05) is 6.61 Å². The minimum absolute atomic E-state index is 0.232. The Bertz CT molecular complexity index is 969. The van der Waals surface area contributed by atoms with Crippen LogP contribution < -0.4 is 4.74 Å². The lowest BCUT2D eigenvalue weighted by Crippen LogP contribution is -2.10. The van der Waals surface area contributed by atoms with Gasteiger partial charge in [-0.1, -0.05) is 29.3 Å². The van der Waals surface area contributed by atoms with E-state index in [2.05, 4.69) is 10.2 Å². The number of hydrogen-bond donors (Lipinski definition) is 0. The van der Waals surface area contributed by atoms with E-state index in [4.69, 9.17) is 25.5 Å². The van der Waals surface area contributed by atoms with Crippen LogP contribution in [0.1, 0.15) is 42.9 Å². The van der Waals surface area contributed by atoms with Crippen molar-refractivity contribution in [3.63, 3.8) is 0 Å². The monoisotopic (exact) mass is 414 g/mol. The molecule has 0 aliphatic carbocycles. The van der Waals surface area contributed by atoms with Gasteiger partial charge in [0.15, 0.2) is 6.10 Å². The van der Waals surface area contributed by atoms with Gasteiger partial charge in [-0.25, -0.2) is 0 Å². The molecule has 1 heterocycles. The van der Waals surface area contributed by atoms with Crippen molar-refractivity contribution in [2.45, 2.75) is 39.7 Å². The first kappa shape index (κ1) is 20.9. The topological polar surface area (TPSA) is 74.5 Å². The highest BCUT2D eigenvalue weighted by atomic mass is 35.5. The summed E-state index contributed by atoms with van der Waals surface area (Å²) in [6.45, 7) is 6.04. The van der Waals surface area contributed by atoms with Crippen molar-refractivity contribution in [2.24, 2.45) is 0 Å². The summed E-state index contributed by atoms with van der Waals surface area (Å²) in [6.07, 6.45) is 0.149. The van der Waals surface area contributed by atoms with Crippen LogP contribution in [0.2, 0.25) is 5.02 Å². The van der Waals surface area contributed by atoms with E-state index in [1.807, 2.05) is 50.2 Å². The largest absolute Gasteiger partial charge is 0.493 e. The number of halogens is 1. The van der Waals surface area contributed by atoms with Crippen LogP contribution in [0.5, 0.6) is 5.75 Å². The Hall–Kier alpha value is -2.86. The number of aryl methyl sites for hydroxylation is 2. The highest BCUT2D eigenvalue weighted by Gasteiger charge is 2.19. The van der Waals surface area contributed by atoms with Crippen LogP contribution in [-0.2, 0) is 9.53 Å². The van der Waals surface area contributed by atoms with Crippen LogP contribution in [0.25, 0.3) is 11.5 Å². The van der Waals surface area contributed by atoms with Gasteiger partial charge in [0.2, 0.25) is 5.89 Å². The molecule has 152 valence electrons. The minimum atomic E-state index is -0.617. The van der Waals surface area contributed by atoms with Crippen LogP contribution in [0.15, 0.2) is 46.9 Å². The smallest absolute Gasteiger partial charge is 0.306 e.